The fourth-order valence-electron chi connectivity index (χ4n) is 5.08. The SMILES string of the molecule is C#C.COc1ccc(OCOc2ccc(COO[C@H]3CO[C@@H]4C(OC(=O)c5ccc(OC(=O)c6ccc(OC)cc6)cc5)CO[C@H]34)cc2)cc1. The summed E-state index contributed by atoms with van der Waals surface area (Å²) in [5.74, 6) is 1.90. The Morgan fingerprint density at radius 3 is 1.66 bits per heavy atom. The van der Waals surface area contributed by atoms with Crippen molar-refractivity contribution < 1.29 is 57.3 Å². The molecule has 0 radical (unpaired) electrons. The summed E-state index contributed by atoms with van der Waals surface area (Å²) in [5, 5.41) is 0. The largest absolute Gasteiger partial charge is 0.497 e. The lowest BCUT2D eigenvalue weighted by Crippen LogP contribution is -2.35. The van der Waals surface area contributed by atoms with Gasteiger partial charge in [0.05, 0.1) is 38.6 Å². The van der Waals surface area contributed by atoms with Crippen LogP contribution in [0.15, 0.2) is 97.1 Å². The molecule has 4 aromatic rings. The maximum absolute atomic E-state index is 12.9. The molecule has 0 saturated carbocycles. The average molecular weight is 685 g/mol. The van der Waals surface area contributed by atoms with Crippen molar-refractivity contribution in [1.82, 2.24) is 0 Å². The lowest BCUT2D eigenvalue weighted by Gasteiger charge is -2.17. The highest BCUT2D eigenvalue weighted by molar-refractivity contribution is 5.92. The highest BCUT2D eigenvalue weighted by atomic mass is 17.2. The van der Waals surface area contributed by atoms with Crippen LogP contribution in [-0.2, 0) is 30.6 Å². The van der Waals surface area contributed by atoms with Crippen molar-refractivity contribution in [3.63, 3.8) is 0 Å². The smallest absolute Gasteiger partial charge is 0.343 e. The quantitative estimate of drug-likeness (QED) is 0.0420. The van der Waals surface area contributed by atoms with E-state index in [1.807, 2.05) is 36.4 Å². The summed E-state index contributed by atoms with van der Waals surface area (Å²) in [5.41, 5.74) is 1.53. The van der Waals surface area contributed by atoms with Crippen LogP contribution in [0.5, 0.6) is 28.7 Å². The van der Waals surface area contributed by atoms with Crippen molar-refractivity contribution in [1.29, 1.82) is 0 Å². The lowest BCUT2D eigenvalue weighted by atomic mass is 10.1. The number of fused-ring (bicyclic) bond motifs is 1. The summed E-state index contributed by atoms with van der Waals surface area (Å²) in [6, 6.07) is 27.2. The van der Waals surface area contributed by atoms with Crippen LogP contribution >= 0.6 is 0 Å². The third-order valence-electron chi connectivity index (χ3n) is 7.70. The number of hydrogen-bond donors (Lipinski definition) is 0. The predicted molar refractivity (Wildman–Crippen MR) is 178 cm³/mol. The van der Waals surface area contributed by atoms with Gasteiger partial charge < -0.3 is 37.9 Å². The first-order valence-corrected chi connectivity index (χ1v) is 15.5. The molecule has 0 aliphatic carbocycles. The fraction of sp³-hybridized carbons (Fsp3) is 0.263. The highest BCUT2D eigenvalue weighted by Crippen LogP contribution is 2.31. The monoisotopic (exact) mass is 684 g/mol. The third kappa shape index (κ3) is 9.31. The zero-order chi connectivity index (χ0) is 35.3. The van der Waals surface area contributed by atoms with Gasteiger partial charge in [-0.1, -0.05) is 12.1 Å². The first kappa shape index (κ1) is 35.7. The number of esters is 2. The van der Waals surface area contributed by atoms with Crippen LogP contribution in [0, 0.1) is 12.8 Å². The fourth-order valence-corrected chi connectivity index (χ4v) is 5.08. The Morgan fingerprint density at radius 1 is 0.620 bits per heavy atom. The second kappa shape index (κ2) is 17.7. The first-order chi connectivity index (χ1) is 24.5. The van der Waals surface area contributed by atoms with Gasteiger partial charge in [0.1, 0.15) is 53.7 Å². The Balaban J connectivity index is 0.00000239. The molecule has 4 atom stereocenters. The summed E-state index contributed by atoms with van der Waals surface area (Å²) in [6.07, 6.45) is 5.94. The summed E-state index contributed by atoms with van der Waals surface area (Å²) in [6.45, 7) is 0.627. The standard InChI is InChI=1S/C36H34O12.C2H2/c1-39-26-11-5-24(6-12-26)35(37)46-30-13-7-25(8-14-30)36(38)47-31-20-41-34-32(21-42-33(31)34)48-45-19-23-3-9-28(10-4-23)43-22-44-29-17-15-27(40-2)16-18-29;1-2/h3-18,31-34H,19-22H2,1-2H3;1-2H/t31?,32-,33+,34+;/m0./s1. The molecule has 260 valence electrons. The van der Waals surface area contributed by atoms with Crippen LogP contribution in [0.1, 0.15) is 26.3 Å². The van der Waals surface area contributed by atoms with Crippen LogP contribution in [-0.4, -0.2) is 70.6 Å². The van der Waals surface area contributed by atoms with E-state index in [9.17, 15) is 9.59 Å². The minimum atomic E-state index is -0.620. The molecule has 0 bridgehead atoms. The van der Waals surface area contributed by atoms with Crippen molar-refractivity contribution in [3.05, 3.63) is 114 Å². The van der Waals surface area contributed by atoms with Crippen LogP contribution in [0.2, 0.25) is 0 Å². The topological polar surface area (TPSA) is 126 Å². The van der Waals surface area contributed by atoms with Crippen LogP contribution in [0.25, 0.3) is 0 Å². The van der Waals surface area contributed by atoms with E-state index >= 15 is 0 Å². The molecule has 50 heavy (non-hydrogen) atoms. The number of benzene rings is 4. The van der Waals surface area contributed by atoms with Crippen LogP contribution in [0.4, 0.5) is 0 Å². The van der Waals surface area contributed by atoms with Gasteiger partial charge in [0.2, 0.25) is 6.79 Å². The molecule has 4 aromatic carbocycles. The van der Waals surface area contributed by atoms with E-state index in [2.05, 4.69) is 12.8 Å². The molecule has 2 aliphatic rings. The Labute approximate surface area is 289 Å². The zero-order valence-corrected chi connectivity index (χ0v) is 27.4. The van der Waals surface area contributed by atoms with Crippen molar-refractivity contribution in [2.45, 2.75) is 31.0 Å². The zero-order valence-electron chi connectivity index (χ0n) is 27.4. The third-order valence-corrected chi connectivity index (χ3v) is 7.70. The van der Waals surface area contributed by atoms with E-state index < -0.39 is 36.4 Å². The molecule has 2 heterocycles. The van der Waals surface area contributed by atoms with E-state index in [0.717, 1.165) is 11.3 Å². The summed E-state index contributed by atoms with van der Waals surface area (Å²) in [4.78, 5) is 36.4. The number of carbonyl (C=O) groups is 2. The Kier molecular flexibility index (Phi) is 12.7. The van der Waals surface area contributed by atoms with Gasteiger partial charge in [-0.2, -0.15) is 0 Å². The van der Waals surface area contributed by atoms with E-state index in [1.54, 1.807) is 50.6 Å². The van der Waals surface area contributed by atoms with E-state index in [0.29, 0.717) is 22.8 Å². The average Bonchev–Trinajstić information content (AvgIpc) is 3.76. The van der Waals surface area contributed by atoms with Crippen LogP contribution in [0.3, 0.4) is 0 Å². The molecule has 2 aliphatic heterocycles. The Bertz CT molecular complexity index is 1690. The minimum Gasteiger partial charge on any atom is -0.497 e. The summed E-state index contributed by atoms with van der Waals surface area (Å²) >= 11 is 0. The van der Waals surface area contributed by atoms with Crippen molar-refractivity contribution in [2.24, 2.45) is 0 Å². The molecule has 2 fully saturated rings. The van der Waals surface area contributed by atoms with Crippen molar-refractivity contribution in [3.8, 4) is 41.6 Å². The van der Waals surface area contributed by atoms with Gasteiger partial charge in [-0.25, -0.2) is 19.4 Å². The Hall–Kier alpha value is -5.58. The maximum atomic E-state index is 12.9. The first-order valence-electron chi connectivity index (χ1n) is 15.5. The molecule has 0 spiro atoms. The number of carbonyl (C=O) groups excluding carboxylic acids is 2. The van der Waals surface area contributed by atoms with Gasteiger partial charge in [0, 0.05) is 0 Å². The minimum absolute atomic E-state index is 0.0568. The number of rotatable bonds is 14. The number of terminal acetylenes is 1. The van der Waals surface area contributed by atoms with Gasteiger partial charge >= 0.3 is 11.9 Å². The Morgan fingerprint density at radius 2 is 1.08 bits per heavy atom. The molecule has 12 nitrogen and oxygen atoms in total. The van der Waals surface area contributed by atoms with Crippen molar-refractivity contribution >= 4 is 11.9 Å². The summed E-state index contributed by atoms with van der Waals surface area (Å²) < 4.78 is 44.3. The molecule has 0 amide bonds. The molecule has 2 saturated heterocycles. The van der Waals surface area contributed by atoms with E-state index in [4.69, 9.17) is 47.7 Å². The van der Waals surface area contributed by atoms with Gasteiger partial charge in [-0.3, -0.25) is 0 Å². The number of hydrogen-bond acceptors (Lipinski definition) is 12. The van der Waals surface area contributed by atoms with Crippen molar-refractivity contribution in [2.75, 3.05) is 34.2 Å². The number of ether oxygens (including phenoxy) is 8. The van der Waals surface area contributed by atoms with Gasteiger partial charge in [0.15, 0.2) is 6.10 Å². The molecule has 0 aromatic heterocycles. The normalized spacial score (nSPS) is 18.9. The highest BCUT2D eigenvalue weighted by Gasteiger charge is 2.50. The molecule has 6 rings (SSSR count). The van der Waals surface area contributed by atoms with Gasteiger partial charge in [0.25, 0.3) is 0 Å². The molecule has 0 N–H and O–H groups in total. The maximum Gasteiger partial charge on any atom is 0.343 e. The second-order valence-corrected chi connectivity index (χ2v) is 10.8. The molecule has 12 heteroatoms. The van der Waals surface area contributed by atoms with Gasteiger partial charge in [-0.05, 0) is 90.5 Å². The molecular formula is C38H36O12. The van der Waals surface area contributed by atoms with Gasteiger partial charge in [-0.15, -0.1) is 12.8 Å². The van der Waals surface area contributed by atoms with Crippen LogP contribution < -0.4 is 23.7 Å². The summed E-state index contributed by atoms with van der Waals surface area (Å²) in [7, 11) is 3.15. The van der Waals surface area contributed by atoms with E-state index in [-0.39, 0.29) is 37.9 Å². The van der Waals surface area contributed by atoms with E-state index in [1.165, 1.54) is 24.3 Å². The molecule has 1 unspecified atom stereocenters. The second-order valence-electron chi connectivity index (χ2n) is 10.8. The molecular weight excluding hydrogens is 648 g/mol. The number of methoxy groups -OCH3 is 2. The predicted octanol–water partition coefficient (Wildman–Crippen LogP) is 5.43. The lowest BCUT2D eigenvalue weighted by molar-refractivity contribution is -0.341.